The number of H-pyrrole nitrogens is 1. The zero-order valence-electron chi connectivity index (χ0n) is 14.0. The zero-order valence-corrected chi connectivity index (χ0v) is 14.8. The number of nitro groups is 1. The number of non-ortho nitro benzene ring substituents is 1. The largest absolute Gasteiger partial charge is 0.353 e. The number of aromatic nitrogens is 1. The lowest BCUT2D eigenvalue weighted by molar-refractivity contribution is -0.384. The van der Waals surface area contributed by atoms with Crippen LogP contribution < -0.4 is 0 Å². The Labute approximate surface area is 155 Å². The maximum atomic E-state index is 13.4. The number of para-hydroxylation sites is 1. The van der Waals surface area contributed by atoms with Gasteiger partial charge >= 0.3 is 0 Å². The first-order chi connectivity index (χ1) is 13.0. The van der Waals surface area contributed by atoms with Crippen LogP contribution in [0.4, 0.5) is 5.69 Å². The molecule has 4 aromatic rings. The van der Waals surface area contributed by atoms with E-state index in [0.717, 1.165) is 5.56 Å². The fraction of sp³-hybridized carbons (Fsp3) is 0. The predicted octanol–water partition coefficient (Wildman–Crippen LogP) is 4.58. The molecule has 27 heavy (non-hydrogen) atoms. The van der Waals surface area contributed by atoms with Crippen molar-refractivity contribution in [3.05, 3.63) is 89.0 Å². The van der Waals surface area contributed by atoms with E-state index in [1.165, 1.54) is 24.3 Å². The Hall–Kier alpha value is -3.45. The van der Waals surface area contributed by atoms with Gasteiger partial charge in [0.2, 0.25) is 9.84 Å². The lowest BCUT2D eigenvalue weighted by Crippen LogP contribution is -2.03. The lowest BCUT2D eigenvalue weighted by Gasteiger charge is -2.07. The van der Waals surface area contributed by atoms with E-state index in [4.69, 9.17) is 0 Å². The molecule has 0 aliphatic carbocycles. The van der Waals surface area contributed by atoms with E-state index in [9.17, 15) is 18.5 Å². The van der Waals surface area contributed by atoms with Crippen molar-refractivity contribution in [2.45, 2.75) is 9.79 Å². The SMILES string of the molecule is O=[N+]([O-])c1ccc(S(=O)(=O)c2c(-c3ccccc3)[nH]c3ccccc23)cc1. The molecule has 0 fully saturated rings. The average Bonchev–Trinajstić information content (AvgIpc) is 3.09. The highest BCUT2D eigenvalue weighted by molar-refractivity contribution is 7.91. The second-order valence-corrected chi connectivity index (χ2v) is 7.88. The van der Waals surface area contributed by atoms with E-state index in [1.54, 1.807) is 12.1 Å². The molecule has 1 N–H and O–H groups in total. The molecule has 0 spiro atoms. The average molecular weight is 378 g/mol. The van der Waals surface area contributed by atoms with Crippen molar-refractivity contribution >= 4 is 26.4 Å². The van der Waals surface area contributed by atoms with E-state index >= 15 is 0 Å². The summed E-state index contributed by atoms with van der Waals surface area (Å²) >= 11 is 0. The van der Waals surface area contributed by atoms with Gasteiger partial charge in [0.05, 0.1) is 15.5 Å². The van der Waals surface area contributed by atoms with Crippen molar-refractivity contribution in [1.29, 1.82) is 0 Å². The van der Waals surface area contributed by atoms with Crippen LogP contribution in [-0.2, 0) is 9.84 Å². The zero-order chi connectivity index (χ0) is 19.0. The molecule has 0 radical (unpaired) electrons. The maximum Gasteiger partial charge on any atom is 0.269 e. The van der Waals surface area contributed by atoms with E-state index in [2.05, 4.69) is 4.98 Å². The third kappa shape index (κ3) is 2.88. The van der Waals surface area contributed by atoms with Gasteiger partial charge < -0.3 is 4.98 Å². The molecule has 7 heteroatoms. The molecule has 4 rings (SSSR count). The Morgan fingerprint density at radius 1 is 0.815 bits per heavy atom. The molecule has 0 unspecified atom stereocenters. The summed E-state index contributed by atoms with van der Waals surface area (Å²) in [6, 6.07) is 21.3. The molecule has 0 saturated heterocycles. The number of hydrogen-bond donors (Lipinski definition) is 1. The van der Waals surface area contributed by atoms with Crippen molar-refractivity contribution in [1.82, 2.24) is 4.98 Å². The summed E-state index contributed by atoms with van der Waals surface area (Å²) in [7, 11) is -3.90. The van der Waals surface area contributed by atoms with Gasteiger partial charge in [-0.2, -0.15) is 0 Å². The number of aromatic amines is 1. The van der Waals surface area contributed by atoms with Gasteiger partial charge in [-0.3, -0.25) is 10.1 Å². The first kappa shape index (κ1) is 17.0. The summed E-state index contributed by atoms with van der Waals surface area (Å²) in [6.45, 7) is 0. The van der Waals surface area contributed by atoms with Crippen LogP contribution in [0, 0.1) is 10.1 Å². The number of sulfone groups is 1. The van der Waals surface area contributed by atoms with Crippen LogP contribution in [0.2, 0.25) is 0 Å². The lowest BCUT2D eigenvalue weighted by atomic mass is 10.1. The minimum absolute atomic E-state index is 0.00929. The van der Waals surface area contributed by atoms with Gasteiger partial charge in [-0.25, -0.2) is 8.42 Å². The molecular weight excluding hydrogens is 364 g/mol. The van der Waals surface area contributed by atoms with Crippen LogP contribution in [0.15, 0.2) is 88.7 Å². The standard InChI is InChI=1S/C20H14N2O4S/c23-22(24)15-10-12-16(13-11-15)27(25,26)20-17-8-4-5-9-18(17)21-19(20)14-6-2-1-3-7-14/h1-13,21H. The van der Waals surface area contributed by atoms with Gasteiger partial charge in [0.15, 0.2) is 0 Å². The van der Waals surface area contributed by atoms with Crippen LogP contribution >= 0.6 is 0 Å². The topological polar surface area (TPSA) is 93.1 Å². The van der Waals surface area contributed by atoms with E-state index in [-0.39, 0.29) is 15.5 Å². The molecule has 134 valence electrons. The molecule has 0 aliphatic heterocycles. The van der Waals surface area contributed by atoms with E-state index < -0.39 is 14.8 Å². The van der Waals surface area contributed by atoms with Gasteiger partial charge in [0.25, 0.3) is 5.69 Å². The molecule has 0 bridgehead atoms. The van der Waals surface area contributed by atoms with Crippen LogP contribution in [0.25, 0.3) is 22.2 Å². The second-order valence-electron chi connectivity index (χ2n) is 6.00. The molecule has 0 saturated carbocycles. The monoisotopic (exact) mass is 378 g/mol. The number of nitrogens with zero attached hydrogens (tertiary/aromatic N) is 1. The van der Waals surface area contributed by atoms with Crippen LogP contribution in [0.1, 0.15) is 0 Å². The van der Waals surface area contributed by atoms with E-state index in [0.29, 0.717) is 16.6 Å². The Bertz CT molecular complexity index is 1240. The Balaban J connectivity index is 1.98. The van der Waals surface area contributed by atoms with Gasteiger partial charge in [-0.1, -0.05) is 48.5 Å². The molecule has 3 aromatic carbocycles. The summed E-state index contributed by atoms with van der Waals surface area (Å²) < 4.78 is 26.8. The highest BCUT2D eigenvalue weighted by Crippen LogP contribution is 2.37. The molecule has 0 aliphatic rings. The summed E-state index contributed by atoms with van der Waals surface area (Å²) in [5, 5.41) is 11.4. The highest BCUT2D eigenvalue weighted by atomic mass is 32.2. The van der Waals surface area contributed by atoms with Crippen LogP contribution in [-0.4, -0.2) is 18.3 Å². The van der Waals surface area contributed by atoms with Gasteiger partial charge in [0, 0.05) is 23.0 Å². The maximum absolute atomic E-state index is 13.4. The minimum Gasteiger partial charge on any atom is -0.353 e. The summed E-state index contributed by atoms with van der Waals surface area (Å²) in [5.74, 6) is 0. The van der Waals surface area contributed by atoms with Gasteiger partial charge in [-0.15, -0.1) is 0 Å². The Morgan fingerprint density at radius 3 is 2.11 bits per heavy atom. The number of nitrogens with one attached hydrogen (secondary N) is 1. The van der Waals surface area contributed by atoms with Crippen molar-refractivity contribution in [3.8, 4) is 11.3 Å². The van der Waals surface area contributed by atoms with E-state index in [1.807, 2.05) is 42.5 Å². The van der Waals surface area contributed by atoms with Crippen molar-refractivity contribution in [2.24, 2.45) is 0 Å². The number of hydrogen-bond acceptors (Lipinski definition) is 4. The number of fused-ring (bicyclic) bond motifs is 1. The Kier molecular flexibility index (Phi) is 4.01. The molecule has 1 aromatic heterocycles. The van der Waals surface area contributed by atoms with Crippen LogP contribution in [0.3, 0.4) is 0 Å². The second kappa shape index (κ2) is 6.37. The number of nitro benzene ring substituents is 1. The van der Waals surface area contributed by atoms with Crippen LogP contribution in [0.5, 0.6) is 0 Å². The first-order valence-corrected chi connectivity index (χ1v) is 9.62. The Morgan fingerprint density at radius 2 is 1.44 bits per heavy atom. The minimum atomic E-state index is -3.90. The predicted molar refractivity (Wildman–Crippen MR) is 102 cm³/mol. The molecular formula is C20H14N2O4S. The first-order valence-electron chi connectivity index (χ1n) is 8.14. The summed E-state index contributed by atoms with van der Waals surface area (Å²) in [4.78, 5) is 13.7. The molecule has 0 atom stereocenters. The van der Waals surface area contributed by atoms with Crippen molar-refractivity contribution in [2.75, 3.05) is 0 Å². The number of benzene rings is 3. The molecule has 1 heterocycles. The molecule has 6 nitrogen and oxygen atoms in total. The normalized spacial score (nSPS) is 11.6. The quantitative estimate of drug-likeness (QED) is 0.416. The summed E-state index contributed by atoms with van der Waals surface area (Å²) in [5.41, 5.74) is 1.79. The smallest absolute Gasteiger partial charge is 0.269 e. The fourth-order valence-corrected chi connectivity index (χ4v) is 4.70. The molecule has 0 amide bonds. The fourth-order valence-electron chi connectivity index (χ4n) is 3.07. The van der Waals surface area contributed by atoms with Gasteiger partial charge in [-0.05, 0) is 23.8 Å². The number of rotatable bonds is 4. The summed E-state index contributed by atoms with van der Waals surface area (Å²) in [6.07, 6.45) is 0. The van der Waals surface area contributed by atoms with Gasteiger partial charge in [0.1, 0.15) is 4.90 Å². The highest BCUT2D eigenvalue weighted by Gasteiger charge is 2.27. The third-order valence-corrected chi connectivity index (χ3v) is 6.20. The van der Waals surface area contributed by atoms with Crippen molar-refractivity contribution < 1.29 is 13.3 Å². The van der Waals surface area contributed by atoms with Crippen molar-refractivity contribution in [3.63, 3.8) is 0 Å². The third-order valence-electron chi connectivity index (χ3n) is 4.35.